The Balaban J connectivity index is 2.17. The second-order valence-corrected chi connectivity index (χ2v) is 5.41. The van der Waals surface area contributed by atoms with Gasteiger partial charge in [-0.1, -0.05) is 0 Å². The number of carbonyl (C=O) groups is 1. The molecule has 2 rings (SSSR count). The number of methoxy groups -OCH3 is 1. The molecule has 1 aromatic carbocycles. The number of rotatable bonds is 4. The molecular formula is C14H19N3O4. The van der Waals surface area contributed by atoms with Gasteiger partial charge in [0.2, 0.25) is 0 Å². The zero-order chi connectivity index (χ0) is 15.5. The first-order valence-corrected chi connectivity index (χ1v) is 6.81. The van der Waals surface area contributed by atoms with Gasteiger partial charge in [0.05, 0.1) is 12.0 Å². The molecule has 0 bridgehead atoms. The van der Waals surface area contributed by atoms with E-state index in [1.54, 1.807) is 0 Å². The summed E-state index contributed by atoms with van der Waals surface area (Å²) in [4.78, 5) is 22.6. The first-order valence-electron chi connectivity index (χ1n) is 6.81. The largest absolute Gasteiger partial charge is 0.490 e. The van der Waals surface area contributed by atoms with E-state index in [0.29, 0.717) is 5.56 Å². The number of hydrogen-bond donors (Lipinski definition) is 2. The molecule has 1 fully saturated rings. The van der Waals surface area contributed by atoms with Crippen molar-refractivity contribution in [2.45, 2.75) is 25.3 Å². The van der Waals surface area contributed by atoms with Crippen LogP contribution in [0.1, 0.15) is 30.1 Å². The summed E-state index contributed by atoms with van der Waals surface area (Å²) in [7, 11) is 1.35. The fourth-order valence-corrected chi connectivity index (χ4v) is 2.42. The fraction of sp³-hybridized carbons (Fsp3) is 0.500. The highest BCUT2D eigenvalue weighted by Crippen LogP contribution is 2.28. The standard InChI is InChI=1S/C14H19N3O4/c1-14(5-7-15-8-6-14)16-13(18)10-3-4-11(17(19)20)12(9-10)21-2/h3-4,9,15H,5-8H2,1-2H3,(H,16,18). The Bertz CT molecular complexity index is 553. The monoisotopic (exact) mass is 293 g/mol. The van der Waals surface area contributed by atoms with Gasteiger partial charge in [0.1, 0.15) is 0 Å². The molecule has 21 heavy (non-hydrogen) atoms. The van der Waals surface area contributed by atoms with Gasteiger partial charge in [-0.25, -0.2) is 0 Å². The van der Waals surface area contributed by atoms with Gasteiger partial charge in [0.15, 0.2) is 5.75 Å². The molecule has 0 aromatic heterocycles. The molecule has 114 valence electrons. The molecule has 0 unspecified atom stereocenters. The van der Waals surface area contributed by atoms with Crippen molar-refractivity contribution in [1.82, 2.24) is 10.6 Å². The molecule has 0 spiro atoms. The minimum Gasteiger partial charge on any atom is -0.490 e. The number of hydrogen-bond acceptors (Lipinski definition) is 5. The molecule has 0 aliphatic carbocycles. The Morgan fingerprint density at radius 2 is 2.10 bits per heavy atom. The van der Waals surface area contributed by atoms with Gasteiger partial charge in [0, 0.05) is 23.2 Å². The van der Waals surface area contributed by atoms with Crippen molar-refractivity contribution < 1.29 is 14.5 Å². The van der Waals surface area contributed by atoms with Crippen molar-refractivity contribution in [3.8, 4) is 5.75 Å². The van der Waals surface area contributed by atoms with Crippen LogP contribution in [-0.4, -0.2) is 36.6 Å². The molecule has 1 saturated heterocycles. The Hall–Kier alpha value is -2.15. The third-order valence-corrected chi connectivity index (χ3v) is 3.76. The normalized spacial score (nSPS) is 17.0. The predicted molar refractivity (Wildman–Crippen MR) is 77.6 cm³/mol. The fourth-order valence-electron chi connectivity index (χ4n) is 2.42. The van der Waals surface area contributed by atoms with Gasteiger partial charge in [-0.2, -0.15) is 0 Å². The summed E-state index contributed by atoms with van der Waals surface area (Å²) in [5.41, 5.74) is -0.0449. The Kier molecular flexibility index (Phi) is 4.42. The third kappa shape index (κ3) is 3.49. The Morgan fingerprint density at radius 3 is 2.67 bits per heavy atom. The number of ether oxygens (including phenoxy) is 1. The van der Waals surface area contributed by atoms with E-state index in [1.165, 1.54) is 25.3 Å². The lowest BCUT2D eigenvalue weighted by Gasteiger charge is -2.35. The topological polar surface area (TPSA) is 93.5 Å². The highest BCUT2D eigenvalue weighted by Gasteiger charge is 2.29. The highest BCUT2D eigenvalue weighted by molar-refractivity contribution is 5.95. The molecule has 1 amide bonds. The summed E-state index contributed by atoms with van der Waals surface area (Å²) in [5, 5.41) is 17.1. The number of benzene rings is 1. The summed E-state index contributed by atoms with van der Waals surface area (Å²) >= 11 is 0. The van der Waals surface area contributed by atoms with Crippen LogP contribution in [-0.2, 0) is 0 Å². The number of nitro groups is 1. The molecule has 1 aliphatic rings. The second kappa shape index (κ2) is 6.09. The van der Waals surface area contributed by atoms with E-state index in [1.807, 2.05) is 6.92 Å². The van der Waals surface area contributed by atoms with E-state index in [4.69, 9.17) is 4.74 Å². The van der Waals surface area contributed by atoms with Gasteiger partial charge in [-0.15, -0.1) is 0 Å². The van der Waals surface area contributed by atoms with Gasteiger partial charge >= 0.3 is 5.69 Å². The molecule has 2 N–H and O–H groups in total. The lowest BCUT2D eigenvalue weighted by atomic mass is 9.90. The molecule has 0 atom stereocenters. The molecule has 7 nitrogen and oxygen atoms in total. The number of nitrogens with zero attached hydrogens (tertiary/aromatic N) is 1. The molecule has 0 saturated carbocycles. The van der Waals surface area contributed by atoms with Crippen molar-refractivity contribution in [2.24, 2.45) is 0 Å². The first-order chi connectivity index (χ1) is 9.95. The van der Waals surface area contributed by atoms with Crippen LogP contribution in [0, 0.1) is 10.1 Å². The Morgan fingerprint density at radius 1 is 1.43 bits per heavy atom. The van der Waals surface area contributed by atoms with Crippen molar-refractivity contribution >= 4 is 11.6 Å². The maximum atomic E-state index is 12.3. The minimum absolute atomic E-state index is 0.0862. The minimum atomic E-state index is -0.533. The number of nitrogens with one attached hydrogen (secondary N) is 2. The zero-order valence-corrected chi connectivity index (χ0v) is 12.1. The number of carbonyl (C=O) groups excluding carboxylic acids is 1. The molecular weight excluding hydrogens is 274 g/mol. The van der Waals surface area contributed by atoms with Crippen molar-refractivity contribution in [1.29, 1.82) is 0 Å². The summed E-state index contributed by atoms with van der Waals surface area (Å²) in [6.07, 6.45) is 1.70. The van der Waals surface area contributed by atoms with Crippen LogP contribution in [0.15, 0.2) is 18.2 Å². The van der Waals surface area contributed by atoms with Crippen LogP contribution >= 0.6 is 0 Å². The van der Waals surface area contributed by atoms with Gasteiger partial charge < -0.3 is 15.4 Å². The summed E-state index contributed by atoms with van der Waals surface area (Å²) in [6, 6.07) is 4.14. The molecule has 1 aliphatic heterocycles. The average molecular weight is 293 g/mol. The summed E-state index contributed by atoms with van der Waals surface area (Å²) in [6.45, 7) is 3.73. The van der Waals surface area contributed by atoms with Crippen LogP contribution < -0.4 is 15.4 Å². The van der Waals surface area contributed by atoms with Crippen LogP contribution in [0.5, 0.6) is 5.75 Å². The van der Waals surface area contributed by atoms with Gasteiger partial charge in [0.25, 0.3) is 5.91 Å². The number of amides is 1. The predicted octanol–water partition coefficient (Wildman–Crippen LogP) is 1.48. The summed E-state index contributed by atoms with van der Waals surface area (Å²) < 4.78 is 4.98. The van der Waals surface area contributed by atoms with Crippen LogP contribution in [0.3, 0.4) is 0 Å². The van der Waals surface area contributed by atoms with Crippen molar-refractivity contribution in [3.63, 3.8) is 0 Å². The average Bonchev–Trinajstić information content (AvgIpc) is 2.46. The van der Waals surface area contributed by atoms with E-state index in [9.17, 15) is 14.9 Å². The summed E-state index contributed by atoms with van der Waals surface area (Å²) in [5.74, 6) is -0.157. The zero-order valence-electron chi connectivity index (χ0n) is 12.1. The van der Waals surface area contributed by atoms with Crippen molar-refractivity contribution in [2.75, 3.05) is 20.2 Å². The lowest BCUT2D eigenvalue weighted by molar-refractivity contribution is -0.385. The van der Waals surface area contributed by atoms with E-state index in [-0.39, 0.29) is 22.9 Å². The van der Waals surface area contributed by atoms with E-state index in [2.05, 4.69) is 10.6 Å². The molecule has 0 radical (unpaired) electrons. The Labute approximate surface area is 122 Å². The van der Waals surface area contributed by atoms with Crippen LogP contribution in [0.2, 0.25) is 0 Å². The third-order valence-electron chi connectivity index (χ3n) is 3.76. The number of piperidine rings is 1. The molecule has 7 heteroatoms. The quantitative estimate of drug-likeness (QED) is 0.647. The molecule has 1 aromatic rings. The van der Waals surface area contributed by atoms with Gasteiger partial charge in [-0.3, -0.25) is 14.9 Å². The maximum absolute atomic E-state index is 12.3. The first kappa shape index (κ1) is 15.2. The van der Waals surface area contributed by atoms with E-state index < -0.39 is 4.92 Å². The van der Waals surface area contributed by atoms with Gasteiger partial charge in [-0.05, 0) is 38.9 Å². The highest BCUT2D eigenvalue weighted by atomic mass is 16.6. The SMILES string of the molecule is COc1cc(C(=O)NC2(C)CCNCC2)ccc1[N+](=O)[O-]. The maximum Gasteiger partial charge on any atom is 0.310 e. The van der Waals surface area contributed by atoms with E-state index >= 15 is 0 Å². The molecule has 1 heterocycles. The van der Waals surface area contributed by atoms with E-state index in [0.717, 1.165) is 25.9 Å². The smallest absolute Gasteiger partial charge is 0.310 e. The van der Waals surface area contributed by atoms with Crippen molar-refractivity contribution in [3.05, 3.63) is 33.9 Å². The lowest BCUT2D eigenvalue weighted by Crippen LogP contribution is -2.52. The van der Waals surface area contributed by atoms with Crippen LogP contribution in [0.25, 0.3) is 0 Å². The van der Waals surface area contributed by atoms with Crippen LogP contribution in [0.4, 0.5) is 5.69 Å². The second-order valence-electron chi connectivity index (χ2n) is 5.41. The number of nitro benzene ring substituents is 1.